The van der Waals surface area contributed by atoms with E-state index in [4.69, 9.17) is 0 Å². The minimum Gasteiger partial charge on any atom is -0.334 e. The number of urea groups is 1. The predicted molar refractivity (Wildman–Crippen MR) is 83.2 cm³/mol. The van der Waals surface area contributed by atoms with Gasteiger partial charge in [-0.3, -0.25) is 0 Å². The number of hydrogen-bond donors (Lipinski definition) is 2. The van der Waals surface area contributed by atoms with Gasteiger partial charge in [-0.25, -0.2) is 4.79 Å². The van der Waals surface area contributed by atoms with Crippen LogP contribution in [0.2, 0.25) is 0 Å². The number of piperidine rings is 1. The van der Waals surface area contributed by atoms with Gasteiger partial charge in [0.05, 0.1) is 0 Å². The van der Waals surface area contributed by atoms with Gasteiger partial charge >= 0.3 is 6.03 Å². The van der Waals surface area contributed by atoms with E-state index in [0.29, 0.717) is 5.92 Å². The van der Waals surface area contributed by atoms with E-state index in [1.807, 2.05) is 12.1 Å². The summed E-state index contributed by atoms with van der Waals surface area (Å²) in [5.74, 6) is 0.510. The summed E-state index contributed by atoms with van der Waals surface area (Å²) in [4.78, 5) is 14.2. The molecule has 1 heterocycles. The van der Waals surface area contributed by atoms with E-state index in [0.717, 1.165) is 31.6 Å². The van der Waals surface area contributed by atoms with Crippen LogP contribution in [0.1, 0.15) is 38.2 Å². The van der Waals surface area contributed by atoms with Crippen molar-refractivity contribution in [1.82, 2.24) is 10.2 Å². The second-order valence-corrected chi connectivity index (χ2v) is 5.98. The smallest absolute Gasteiger partial charge is 0.319 e. The van der Waals surface area contributed by atoms with Crippen molar-refractivity contribution in [3.63, 3.8) is 0 Å². The molecule has 0 saturated carbocycles. The Hall–Kier alpha value is -1.55. The Kier molecular flexibility index (Phi) is 5.01. The molecule has 1 aliphatic rings. The van der Waals surface area contributed by atoms with Crippen LogP contribution in [0, 0.1) is 0 Å². The van der Waals surface area contributed by atoms with Crippen molar-refractivity contribution in [2.45, 2.75) is 38.6 Å². The van der Waals surface area contributed by atoms with Gasteiger partial charge in [-0.05, 0) is 50.0 Å². The van der Waals surface area contributed by atoms with Gasteiger partial charge in [0, 0.05) is 18.3 Å². The fourth-order valence-electron chi connectivity index (χ4n) is 2.59. The van der Waals surface area contributed by atoms with Crippen molar-refractivity contribution < 1.29 is 4.79 Å². The Balaban J connectivity index is 1.84. The highest BCUT2D eigenvalue weighted by molar-refractivity contribution is 5.89. The van der Waals surface area contributed by atoms with Crippen molar-refractivity contribution >= 4 is 11.7 Å². The monoisotopic (exact) mass is 275 g/mol. The summed E-state index contributed by atoms with van der Waals surface area (Å²) in [5.41, 5.74) is 2.13. The summed E-state index contributed by atoms with van der Waals surface area (Å²) in [5, 5.41) is 5.95. The van der Waals surface area contributed by atoms with E-state index < -0.39 is 0 Å². The van der Waals surface area contributed by atoms with Crippen molar-refractivity contribution in [3.05, 3.63) is 29.8 Å². The first-order valence-corrected chi connectivity index (χ1v) is 7.40. The quantitative estimate of drug-likeness (QED) is 0.890. The highest BCUT2D eigenvalue weighted by Gasteiger charge is 2.18. The maximum absolute atomic E-state index is 12.0. The molecule has 1 aliphatic heterocycles. The maximum Gasteiger partial charge on any atom is 0.319 e. The van der Waals surface area contributed by atoms with Crippen LogP contribution in [-0.4, -0.2) is 37.1 Å². The maximum atomic E-state index is 12.0. The Morgan fingerprint density at radius 1 is 1.30 bits per heavy atom. The number of rotatable bonds is 3. The molecule has 1 saturated heterocycles. The number of benzene rings is 1. The molecular weight excluding hydrogens is 250 g/mol. The Morgan fingerprint density at radius 3 is 2.60 bits per heavy atom. The molecule has 0 radical (unpaired) electrons. The van der Waals surface area contributed by atoms with Gasteiger partial charge in [-0.15, -0.1) is 0 Å². The van der Waals surface area contributed by atoms with Crippen LogP contribution in [0.3, 0.4) is 0 Å². The molecule has 2 N–H and O–H groups in total. The predicted octanol–water partition coefficient (Wildman–Crippen LogP) is 3.03. The lowest BCUT2D eigenvalue weighted by Crippen LogP contribution is -2.47. The van der Waals surface area contributed by atoms with Crippen LogP contribution in [0.25, 0.3) is 0 Å². The first-order chi connectivity index (χ1) is 9.54. The number of likely N-dealkylation sites (tertiary alicyclic amines) is 1. The van der Waals surface area contributed by atoms with Crippen LogP contribution in [0.4, 0.5) is 10.5 Å². The molecule has 2 amide bonds. The minimum absolute atomic E-state index is 0.109. The minimum atomic E-state index is -0.109. The molecule has 0 bridgehead atoms. The zero-order valence-corrected chi connectivity index (χ0v) is 12.6. The van der Waals surface area contributed by atoms with E-state index in [2.05, 4.69) is 48.6 Å². The van der Waals surface area contributed by atoms with Crippen LogP contribution >= 0.6 is 0 Å². The fraction of sp³-hybridized carbons (Fsp3) is 0.562. The van der Waals surface area contributed by atoms with Gasteiger partial charge in [0.15, 0.2) is 0 Å². The Labute approximate surface area is 121 Å². The SMILES string of the molecule is CC(C)c1ccc(NC(=O)NC2CCCN(C)C2)cc1. The lowest BCUT2D eigenvalue weighted by atomic mass is 10.0. The molecule has 1 aromatic rings. The summed E-state index contributed by atoms with van der Waals surface area (Å²) >= 11 is 0. The number of nitrogens with one attached hydrogen (secondary N) is 2. The third-order valence-electron chi connectivity index (χ3n) is 3.79. The van der Waals surface area contributed by atoms with Crippen molar-refractivity contribution in [2.24, 2.45) is 0 Å². The van der Waals surface area contributed by atoms with E-state index in [1.165, 1.54) is 5.56 Å². The molecule has 0 aliphatic carbocycles. The molecule has 20 heavy (non-hydrogen) atoms. The number of hydrogen-bond acceptors (Lipinski definition) is 2. The summed E-state index contributed by atoms with van der Waals surface area (Å²) < 4.78 is 0. The standard InChI is InChI=1S/C16H25N3O/c1-12(2)13-6-8-14(9-7-13)17-16(20)18-15-5-4-10-19(3)11-15/h6-9,12,15H,4-5,10-11H2,1-3H3,(H2,17,18,20). The molecule has 4 heteroatoms. The normalized spacial score (nSPS) is 19.9. The number of carbonyl (C=O) groups excluding carboxylic acids is 1. The summed E-state index contributed by atoms with van der Waals surface area (Å²) in [6.45, 7) is 6.37. The van der Waals surface area contributed by atoms with E-state index in [-0.39, 0.29) is 12.1 Å². The largest absolute Gasteiger partial charge is 0.334 e. The third kappa shape index (κ3) is 4.23. The van der Waals surface area contributed by atoms with Gasteiger partial charge < -0.3 is 15.5 Å². The average molecular weight is 275 g/mol. The summed E-state index contributed by atoms with van der Waals surface area (Å²) in [7, 11) is 2.09. The molecule has 4 nitrogen and oxygen atoms in total. The first-order valence-electron chi connectivity index (χ1n) is 7.40. The van der Waals surface area contributed by atoms with Crippen molar-refractivity contribution in [1.29, 1.82) is 0 Å². The highest BCUT2D eigenvalue weighted by Crippen LogP contribution is 2.17. The molecule has 2 rings (SSSR count). The van der Waals surface area contributed by atoms with Gasteiger partial charge in [-0.2, -0.15) is 0 Å². The zero-order chi connectivity index (χ0) is 14.5. The highest BCUT2D eigenvalue weighted by atomic mass is 16.2. The van der Waals surface area contributed by atoms with Crippen molar-refractivity contribution in [2.75, 3.05) is 25.5 Å². The molecule has 0 aromatic heterocycles. The molecule has 0 spiro atoms. The van der Waals surface area contributed by atoms with Crippen LogP contribution in [0.5, 0.6) is 0 Å². The van der Waals surface area contributed by atoms with Crippen LogP contribution in [-0.2, 0) is 0 Å². The van der Waals surface area contributed by atoms with E-state index in [1.54, 1.807) is 0 Å². The van der Waals surface area contributed by atoms with Gasteiger partial charge in [-0.1, -0.05) is 26.0 Å². The Morgan fingerprint density at radius 2 is 2.00 bits per heavy atom. The van der Waals surface area contributed by atoms with Crippen LogP contribution in [0.15, 0.2) is 24.3 Å². The third-order valence-corrected chi connectivity index (χ3v) is 3.79. The number of likely N-dealkylation sites (N-methyl/N-ethyl adjacent to an activating group) is 1. The molecule has 110 valence electrons. The van der Waals surface area contributed by atoms with Crippen molar-refractivity contribution in [3.8, 4) is 0 Å². The molecule has 1 aromatic carbocycles. The lowest BCUT2D eigenvalue weighted by molar-refractivity contribution is 0.216. The molecular formula is C16H25N3O. The number of anilines is 1. The van der Waals surface area contributed by atoms with E-state index >= 15 is 0 Å². The van der Waals surface area contributed by atoms with Gasteiger partial charge in [0.2, 0.25) is 0 Å². The second-order valence-electron chi connectivity index (χ2n) is 5.98. The number of amides is 2. The molecule has 1 atom stereocenters. The topological polar surface area (TPSA) is 44.4 Å². The van der Waals surface area contributed by atoms with Gasteiger partial charge in [0.1, 0.15) is 0 Å². The van der Waals surface area contributed by atoms with Gasteiger partial charge in [0.25, 0.3) is 0 Å². The first kappa shape index (κ1) is 14.9. The fourth-order valence-corrected chi connectivity index (χ4v) is 2.59. The number of nitrogens with zero attached hydrogens (tertiary/aromatic N) is 1. The lowest BCUT2D eigenvalue weighted by Gasteiger charge is -2.30. The van der Waals surface area contributed by atoms with Crippen LogP contribution < -0.4 is 10.6 Å². The summed E-state index contributed by atoms with van der Waals surface area (Å²) in [6, 6.07) is 8.19. The Bertz CT molecular complexity index is 442. The zero-order valence-electron chi connectivity index (χ0n) is 12.6. The second kappa shape index (κ2) is 6.75. The molecule has 1 fully saturated rings. The number of carbonyl (C=O) groups is 1. The average Bonchev–Trinajstić information content (AvgIpc) is 2.39. The van der Waals surface area contributed by atoms with E-state index in [9.17, 15) is 4.79 Å². The molecule has 1 unspecified atom stereocenters. The summed E-state index contributed by atoms with van der Waals surface area (Å²) in [6.07, 6.45) is 2.20.